The molecule has 18 heavy (non-hydrogen) atoms. The summed E-state index contributed by atoms with van der Waals surface area (Å²) in [6.45, 7) is 3.06. The van der Waals surface area contributed by atoms with Crippen LogP contribution in [0.2, 0.25) is 0 Å². The van der Waals surface area contributed by atoms with Gasteiger partial charge in [-0.15, -0.1) is 0 Å². The Morgan fingerprint density at radius 1 is 1.06 bits per heavy atom. The second-order valence-electron chi connectivity index (χ2n) is 4.50. The first kappa shape index (κ1) is 11.0. The van der Waals surface area contributed by atoms with Crippen LogP contribution < -0.4 is 5.32 Å². The average Bonchev–Trinajstić information content (AvgIpc) is 2.85. The van der Waals surface area contributed by atoms with Gasteiger partial charge in [0.1, 0.15) is 0 Å². The molecular formula is C15H15N3. The molecule has 0 aliphatic carbocycles. The molecule has 0 atom stereocenters. The maximum atomic E-state index is 4.31. The molecule has 2 aromatic carbocycles. The molecule has 0 fully saturated rings. The molecule has 0 saturated heterocycles. The number of aryl methyl sites for hydroxylation is 1. The summed E-state index contributed by atoms with van der Waals surface area (Å²) in [6.07, 6.45) is 1.07. The van der Waals surface area contributed by atoms with E-state index in [0.29, 0.717) is 0 Å². The summed E-state index contributed by atoms with van der Waals surface area (Å²) in [4.78, 5) is 0. The van der Waals surface area contributed by atoms with Gasteiger partial charge in [0.05, 0.1) is 11.4 Å². The van der Waals surface area contributed by atoms with Crippen LogP contribution in [0.1, 0.15) is 11.1 Å². The predicted octanol–water partition coefficient (Wildman–Crippen LogP) is 4.38. The molecule has 3 rings (SSSR count). The van der Waals surface area contributed by atoms with Crippen LogP contribution in [0, 0.1) is 6.92 Å². The molecule has 1 aliphatic rings. The van der Waals surface area contributed by atoms with E-state index in [2.05, 4.69) is 27.7 Å². The van der Waals surface area contributed by atoms with Crippen molar-refractivity contribution in [3.8, 4) is 0 Å². The monoisotopic (exact) mass is 237 g/mol. The van der Waals surface area contributed by atoms with E-state index in [-0.39, 0.29) is 0 Å². The van der Waals surface area contributed by atoms with Crippen molar-refractivity contribution in [1.82, 2.24) is 0 Å². The topological polar surface area (TPSA) is 36.8 Å². The number of fused-ring (bicyclic) bond motifs is 1. The SMILES string of the molecule is Cc1ccccc1N=Nc1ccc2c(c1)CCN2. The molecule has 3 nitrogen and oxygen atoms in total. The Balaban J connectivity index is 1.87. The van der Waals surface area contributed by atoms with Gasteiger partial charge >= 0.3 is 0 Å². The third kappa shape index (κ3) is 2.12. The first-order valence-corrected chi connectivity index (χ1v) is 6.17. The number of nitrogens with one attached hydrogen (secondary N) is 1. The van der Waals surface area contributed by atoms with Gasteiger partial charge < -0.3 is 5.32 Å². The molecule has 0 bridgehead atoms. The zero-order chi connectivity index (χ0) is 12.4. The van der Waals surface area contributed by atoms with E-state index < -0.39 is 0 Å². The fraction of sp³-hybridized carbons (Fsp3) is 0.200. The zero-order valence-electron chi connectivity index (χ0n) is 10.4. The molecule has 1 aliphatic heterocycles. The standard InChI is InChI=1S/C15H15N3/c1-11-4-2-3-5-14(11)18-17-13-6-7-15-12(10-13)8-9-16-15/h2-7,10,16H,8-9H2,1H3. The lowest BCUT2D eigenvalue weighted by Crippen LogP contribution is -1.90. The van der Waals surface area contributed by atoms with Crippen LogP contribution in [0.25, 0.3) is 0 Å². The summed E-state index contributed by atoms with van der Waals surface area (Å²) in [7, 11) is 0. The van der Waals surface area contributed by atoms with Crippen LogP contribution in [0.3, 0.4) is 0 Å². The highest BCUT2D eigenvalue weighted by molar-refractivity contribution is 5.60. The second kappa shape index (κ2) is 4.61. The number of hydrogen-bond acceptors (Lipinski definition) is 3. The van der Waals surface area contributed by atoms with Gasteiger partial charge in [0.2, 0.25) is 0 Å². The summed E-state index contributed by atoms with van der Waals surface area (Å²) < 4.78 is 0. The Morgan fingerprint density at radius 3 is 2.83 bits per heavy atom. The maximum absolute atomic E-state index is 4.31. The van der Waals surface area contributed by atoms with Gasteiger partial charge in [0.25, 0.3) is 0 Å². The Bertz CT molecular complexity index is 602. The Kier molecular flexibility index (Phi) is 2.81. The maximum Gasteiger partial charge on any atom is 0.0886 e. The Hall–Kier alpha value is -2.16. The molecule has 1 heterocycles. The fourth-order valence-electron chi connectivity index (χ4n) is 2.14. The molecule has 0 unspecified atom stereocenters. The van der Waals surface area contributed by atoms with Gasteiger partial charge in [-0.3, -0.25) is 0 Å². The third-order valence-electron chi connectivity index (χ3n) is 3.19. The second-order valence-corrected chi connectivity index (χ2v) is 4.50. The van der Waals surface area contributed by atoms with E-state index >= 15 is 0 Å². The highest BCUT2D eigenvalue weighted by Gasteiger charge is 2.09. The number of benzene rings is 2. The van der Waals surface area contributed by atoms with Crippen molar-refractivity contribution in [1.29, 1.82) is 0 Å². The highest BCUT2D eigenvalue weighted by atomic mass is 15.1. The quantitative estimate of drug-likeness (QED) is 0.773. The van der Waals surface area contributed by atoms with Gasteiger partial charge in [0, 0.05) is 12.2 Å². The van der Waals surface area contributed by atoms with E-state index in [9.17, 15) is 0 Å². The Labute approximate surface area is 107 Å². The molecule has 0 radical (unpaired) electrons. The van der Waals surface area contributed by atoms with Crippen molar-refractivity contribution >= 4 is 17.1 Å². The summed E-state index contributed by atoms with van der Waals surface area (Å²) in [6, 6.07) is 14.2. The molecule has 90 valence electrons. The van der Waals surface area contributed by atoms with Gasteiger partial charge in [0.15, 0.2) is 0 Å². The van der Waals surface area contributed by atoms with Crippen LogP contribution in [0.5, 0.6) is 0 Å². The smallest absolute Gasteiger partial charge is 0.0886 e. The van der Waals surface area contributed by atoms with Crippen molar-refractivity contribution in [3.05, 3.63) is 53.6 Å². The van der Waals surface area contributed by atoms with Crippen molar-refractivity contribution in [2.24, 2.45) is 10.2 Å². The molecular weight excluding hydrogens is 222 g/mol. The lowest BCUT2D eigenvalue weighted by molar-refractivity contribution is 1.10. The fourth-order valence-corrected chi connectivity index (χ4v) is 2.14. The lowest BCUT2D eigenvalue weighted by Gasteiger charge is -2.00. The van der Waals surface area contributed by atoms with Crippen LogP contribution in [0.15, 0.2) is 52.7 Å². The minimum absolute atomic E-state index is 0.917. The molecule has 2 aromatic rings. The molecule has 0 spiro atoms. The summed E-state index contributed by atoms with van der Waals surface area (Å²) >= 11 is 0. The van der Waals surface area contributed by atoms with E-state index in [1.807, 2.05) is 37.3 Å². The van der Waals surface area contributed by atoms with Crippen molar-refractivity contribution in [2.45, 2.75) is 13.3 Å². The van der Waals surface area contributed by atoms with Crippen LogP contribution in [-0.4, -0.2) is 6.54 Å². The van der Waals surface area contributed by atoms with E-state index in [0.717, 1.165) is 29.9 Å². The van der Waals surface area contributed by atoms with Gasteiger partial charge in [-0.05, 0) is 48.7 Å². The van der Waals surface area contributed by atoms with Gasteiger partial charge in [-0.1, -0.05) is 18.2 Å². The summed E-state index contributed by atoms with van der Waals surface area (Å²) in [5, 5.41) is 12.0. The molecule has 0 saturated carbocycles. The first-order valence-electron chi connectivity index (χ1n) is 6.17. The Morgan fingerprint density at radius 2 is 1.94 bits per heavy atom. The summed E-state index contributed by atoms with van der Waals surface area (Å²) in [5.74, 6) is 0. The van der Waals surface area contributed by atoms with Gasteiger partial charge in [-0.2, -0.15) is 10.2 Å². The molecule has 1 N–H and O–H groups in total. The predicted molar refractivity (Wildman–Crippen MR) is 74.0 cm³/mol. The van der Waals surface area contributed by atoms with E-state index in [1.54, 1.807) is 0 Å². The molecule has 0 amide bonds. The molecule has 3 heteroatoms. The lowest BCUT2D eigenvalue weighted by atomic mass is 10.1. The number of anilines is 1. The van der Waals surface area contributed by atoms with Gasteiger partial charge in [-0.25, -0.2) is 0 Å². The van der Waals surface area contributed by atoms with E-state index in [1.165, 1.54) is 11.3 Å². The van der Waals surface area contributed by atoms with Crippen LogP contribution in [-0.2, 0) is 6.42 Å². The van der Waals surface area contributed by atoms with Crippen molar-refractivity contribution in [3.63, 3.8) is 0 Å². The van der Waals surface area contributed by atoms with E-state index in [4.69, 9.17) is 0 Å². The highest BCUT2D eigenvalue weighted by Crippen LogP contribution is 2.28. The van der Waals surface area contributed by atoms with Crippen molar-refractivity contribution < 1.29 is 0 Å². The minimum Gasteiger partial charge on any atom is -0.384 e. The van der Waals surface area contributed by atoms with Crippen LogP contribution >= 0.6 is 0 Å². The number of hydrogen-bond donors (Lipinski definition) is 1. The largest absolute Gasteiger partial charge is 0.384 e. The number of nitrogens with zero attached hydrogens (tertiary/aromatic N) is 2. The molecule has 0 aromatic heterocycles. The summed E-state index contributed by atoms with van der Waals surface area (Å²) in [5.41, 5.74) is 5.54. The van der Waals surface area contributed by atoms with Crippen molar-refractivity contribution in [2.75, 3.05) is 11.9 Å². The first-order chi connectivity index (χ1) is 8.83. The number of azo groups is 1. The average molecular weight is 237 g/mol. The minimum atomic E-state index is 0.917. The third-order valence-corrected chi connectivity index (χ3v) is 3.19. The zero-order valence-corrected chi connectivity index (χ0v) is 10.4. The number of rotatable bonds is 2. The van der Waals surface area contributed by atoms with Crippen LogP contribution in [0.4, 0.5) is 17.1 Å². The normalized spacial score (nSPS) is 13.6.